The summed E-state index contributed by atoms with van der Waals surface area (Å²) in [4.78, 5) is 24.3. The van der Waals surface area contributed by atoms with E-state index in [1.807, 2.05) is 26.0 Å². The summed E-state index contributed by atoms with van der Waals surface area (Å²) in [5.74, 6) is -0.291. The molecule has 0 aliphatic carbocycles. The first-order valence-electron chi connectivity index (χ1n) is 8.74. The number of aromatic nitrogens is 2. The number of hydrogen-bond acceptors (Lipinski definition) is 3. The summed E-state index contributed by atoms with van der Waals surface area (Å²) < 4.78 is 1.66. The average Bonchev–Trinajstić information content (AvgIpc) is 3.04. The summed E-state index contributed by atoms with van der Waals surface area (Å²) in [6.07, 6.45) is 1.52. The van der Waals surface area contributed by atoms with E-state index in [1.165, 1.54) is 6.20 Å². The zero-order valence-corrected chi connectivity index (χ0v) is 16.2. The van der Waals surface area contributed by atoms with Crippen LogP contribution in [0, 0.1) is 6.92 Å². The summed E-state index contributed by atoms with van der Waals surface area (Å²) in [6, 6.07) is 13.9. The number of hydrogen-bond donors (Lipinski definition) is 3. The van der Waals surface area contributed by atoms with Crippen molar-refractivity contribution in [3.05, 3.63) is 71.0 Å². The molecule has 0 saturated heterocycles. The van der Waals surface area contributed by atoms with Crippen LogP contribution in [0.1, 0.15) is 23.0 Å². The molecule has 0 bridgehead atoms. The first-order chi connectivity index (χ1) is 13.5. The van der Waals surface area contributed by atoms with Crippen LogP contribution in [0.25, 0.3) is 5.69 Å². The van der Waals surface area contributed by atoms with Gasteiger partial charge >= 0.3 is 6.03 Å². The molecular weight excluding hydrogens is 378 g/mol. The van der Waals surface area contributed by atoms with E-state index in [0.29, 0.717) is 34.2 Å². The molecule has 0 aliphatic rings. The van der Waals surface area contributed by atoms with Gasteiger partial charge in [0, 0.05) is 22.9 Å². The highest BCUT2D eigenvalue weighted by atomic mass is 35.5. The molecule has 0 fully saturated rings. The van der Waals surface area contributed by atoms with Gasteiger partial charge in [-0.3, -0.25) is 4.79 Å². The number of nitrogens with one attached hydrogen (secondary N) is 3. The lowest BCUT2D eigenvalue weighted by Crippen LogP contribution is -2.28. The van der Waals surface area contributed by atoms with Crippen LogP contribution in [0.4, 0.5) is 16.2 Å². The van der Waals surface area contributed by atoms with Crippen molar-refractivity contribution in [2.75, 3.05) is 17.2 Å². The van der Waals surface area contributed by atoms with Gasteiger partial charge in [0.1, 0.15) is 0 Å². The van der Waals surface area contributed by atoms with Gasteiger partial charge in [-0.25, -0.2) is 9.48 Å². The molecule has 1 aromatic heterocycles. The Morgan fingerprint density at radius 2 is 1.79 bits per heavy atom. The van der Waals surface area contributed by atoms with Crippen molar-refractivity contribution in [3.63, 3.8) is 0 Å². The Morgan fingerprint density at radius 1 is 1.07 bits per heavy atom. The molecule has 3 rings (SSSR count). The fourth-order valence-electron chi connectivity index (χ4n) is 2.71. The summed E-state index contributed by atoms with van der Waals surface area (Å²) in [6.45, 7) is 4.18. The lowest BCUT2D eigenvalue weighted by molar-refractivity contribution is 0.102. The molecule has 8 heteroatoms. The number of halogens is 1. The third-order valence-electron chi connectivity index (χ3n) is 4.02. The number of amides is 3. The molecule has 3 amide bonds. The second kappa shape index (κ2) is 8.58. The third-order valence-corrected chi connectivity index (χ3v) is 4.26. The van der Waals surface area contributed by atoms with Gasteiger partial charge in [0.25, 0.3) is 5.91 Å². The van der Waals surface area contributed by atoms with Gasteiger partial charge in [-0.15, -0.1) is 0 Å². The summed E-state index contributed by atoms with van der Waals surface area (Å²) in [7, 11) is 0. The van der Waals surface area contributed by atoms with Crippen LogP contribution < -0.4 is 16.0 Å². The number of anilines is 2. The zero-order chi connectivity index (χ0) is 20.1. The van der Waals surface area contributed by atoms with Gasteiger partial charge < -0.3 is 16.0 Å². The standard InChI is InChI=1S/C20H20ClN5O2/c1-3-22-20(28)25-16-8-5-7-15(11-16)24-19(27)18-12-23-26(13(18)2)17-9-4-6-14(21)10-17/h4-12H,3H2,1-2H3,(H,24,27)(H2,22,25,28). The number of carbonyl (C=O) groups is 2. The Morgan fingerprint density at radius 3 is 2.50 bits per heavy atom. The average molecular weight is 398 g/mol. The summed E-state index contributed by atoms with van der Waals surface area (Å²) >= 11 is 6.04. The smallest absolute Gasteiger partial charge is 0.319 e. The van der Waals surface area contributed by atoms with Crippen LogP contribution in [0.2, 0.25) is 5.02 Å². The van der Waals surface area contributed by atoms with Crippen molar-refractivity contribution in [1.82, 2.24) is 15.1 Å². The Labute approximate surface area is 167 Å². The maximum absolute atomic E-state index is 12.7. The first-order valence-corrected chi connectivity index (χ1v) is 9.12. The van der Waals surface area contributed by atoms with Gasteiger partial charge in [0.05, 0.1) is 23.1 Å². The number of benzene rings is 2. The molecule has 0 spiro atoms. The molecule has 2 aromatic carbocycles. The zero-order valence-electron chi connectivity index (χ0n) is 15.5. The van der Waals surface area contributed by atoms with E-state index >= 15 is 0 Å². The highest BCUT2D eigenvalue weighted by Crippen LogP contribution is 2.20. The lowest BCUT2D eigenvalue weighted by Gasteiger charge is -2.09. The predicted molar refractivity (Wildman–Crippen MR) is 110 cm³/mol. The second-order valence-electron chi connectivity index (χ2n) is 6.05. The SMILES string of the molecule is CCNC(=O)Nc1cccc(NC(=O)c2cnn(-c3cccc(Cl)c3)c2C)c1. The minimum Gasteiger partial charge on any atom is -0.338 e. The molecule has 144 valence electrons. The monoisotopic (exact) mass is 397 g/mol. The van der Waals surface area contributed by atoms with Gasteiger partial charge in [-0.05, 0) is 50.2 Å². The minimum absolute atomic E-state index is 0.291. The van der Waals surface area contributed by atoms with E-state index in [9.17, 15) is 9.59 Å². The number of nitrogens with zero attached hydrogens (tertiary/aromatic N) is 2. The molecule has 7 nitrogen and oxygen atoms in total. The van der Waals surface area contributed by atoms with E-state index in [1.54, 1.807) is 41.1 Å². The van der Waals surface area contributed by atoms with Crippen LogP contribution >= 0.6 is 11.6 Å². The Bertz CT molecular complexity index is 1020. The van der Waals surface area contributed by atoms with E-state index in [-0.39, 0.29) is 11.9 Å². The van der Waals surface area contributed by atoms with Crippen molar-refractivity contribution < 1.29 is 9.59 Å². The second-order valence-corrected chi connectivity index (χ2v) is 6.49. The van der Waals surface area contributed by atoms with Crippen molar-refractivity contribution >= 4 is 34.9 Å². The Kier molecular flexibility index (Phi) is 5.96. The van der Waals surface area contributed by atoms with Crippen LogP contribution in [-0.2, 0) is 0 Å². The third kappa shape index (κ3) is 4.50. The van der Waals surface area contributed by atoms with Crippen LogP contribution in [-0.4, -0.2) is 28.3 Å². The number of rotatable bonds is 5. The quantitative estimate of drug-likeness (QED) is 0.602. The predicted octanol–water partition coefficient (Wildman–Crippen LogP) is 4.23. The van der Waals surface area contributed by atoms with Crippen molar-refractivity contribution in [3.8, 4) is 5.69 Å². The molecule has 0 aliphatic heterocycles. The highest BCUT2D eigenvalue weighted by molar-refractivity contribution is 6.30. The summed E-state index contributed by atoms with van der Waals surface area (Å²) in [5, 5.41) is 13.1. The van der Waals surface area contributed by atoms with E-state index in [0.717, 1.165) is 5.69 Å². The van der Waals surface area contributed by atoms with Crippen LogP contribution in [0.15, 0.2) is 54.7 Å². The van der Waals surface area contributed by atoms with Crippen molar-refractivity contribution in [2.24, 2.45) is 0 Å². The molecule has 0 atom stereocenters. The highest BCUT2D eigenvalue weighted by Gasteiger charge is 2.16. The Balaban J connectivity index is 1.76. The van der Waals surface area contributed by atoms with Gasteiger partial charge in [-0.1, -0.05) is 23.7 Å². The van der Waals surface area contributed by atoms with Crippen molar-refractivity contribution in [1.29, 1.82) is 0 Å². The van der Waals surface area contributed by atoms with E-state index in [4.69, 9.17) is 11.6 Å². The molecule has 28 heavy (non-hydrogen) atoms. The molecule has 0 saturated carbocycles. The molecule has 3 aromatic rings. The lowest BCUT2D eigenvalue weighted by atomic mass is 10.2. The van der Waals surface area contributed by atoms with E-state index < -0.39 is 0 Å². The fourth-order valence-corrected chi connectivity index (χ4v) is 2.89. The Hall–Kier alpha value is -3.32. The molecule has 1 heterocycles. The number of carbonyl (C=O) groups excluding carboxylic acids is 2. The van der Waals surface area contributed by atoms with Crippen molar-refractivity contribution in [2.45, 2.75) is 13.8 Å². The van der Waals surface area contributed by atoms with Crippen LogP contribution in [0.3, 0.4) is 0 Å². The van der Waals surface area contributed by atoms with Gasteiger partial charge in [0.2, 0.25) is 0 Å². The first kappa shape index (κ1) is 19.4. The molecule has 0 unspecified atom stereocenters. The summed E-state index contributed by atoms with van der Waals surface area (Å²) in [5.41, 5.74) is 3.06. The normalized spacial score (nSPS) is 10.4. The van der Waals surface area contributed by atoms with Crippen LogP contribution in [0.5, 0.6) is 0 Å². The topological polar surface area (TPSA) is 88.1 Å². The maximum atomic E-state index is 12.7. The minimum atomic E-state index is -0.301. The molecule has 0 radical (unpaired) electrons. The largest absolute Gasteiger partial charge is 0.338 e. The van der Waals surface area contributed by atoms with Gasteiger partial charge in [0.15, 0.2) is 0 Å². The maximum Gasteiger partial charge on any atom is 0.319 e. The molecule has 3 N–H and O–H groups in total. The van der Waals surface area contributed by atoms with Gasteiger partial charge in [-0.2, -0.15) is 5.10 Å². The van der Waals surface area contributed by atoms with E-state index in [2.05, 4.69) is 21.0 Å². The fraction of sp³-hybridized carbons (Fsp3) is 0.150. The molecular formula is C20H20ClN5O2. The number of urea groups is 1.